The molecule has 0 amide bonds. The van der Waals surface area contributed by atoms with E-state index in [0.717, 1.165) is 48.5 Å². The van der Waals surface area contributed by atoms with Crippen molar-refractivity contribution in [1.82, 2.24) is 0 Å². The van der Waals surface area contributed by atoms with Crippen molar-refractivity contribution in [3.8, 4) is 0 Å². The van der Waals surface area contributed by atoms with E-state index in [2.05, 4.69) is 0 Å². The number of rotatable bonds is 0. The van der Waals surface area contributed by atoms with Crippen molar-refractivity contribution in [2.45, 2.75) is 0 Å². The molecule has 0 saturated heterocycles. The first-order valence-corrected chi connectivity index (χ1v) is 23.2. The zero-order valence-electron chi connectivity index (χ0n) is 37.5. The van der Waals surface area contributed by atoms with Gasteiger partial charge in [0.25, 0.3) is 0 Å². The van der Waals surface area contributed by atoms with Gasteiger partial charge in [0.15, 0.2) is 0 Å². The van der Waals surface area contributed by atoms with Gasteiger partial charge in [-0.15, -0.1) is 0 Å². The Kier molecular flexibility index (Phi) is 7.22. The van der Waals surface area contributed by atoms with Crippen LogP contribution in [0.2, 0.25) is 0 Å². The summed E-state index contributed by atoms with van der Waals surface area (Å²) < 4.78 is 142. The van der Waals surface area contributed by atoms with Crippen molar-refractivity contribution in [2.75, 3.05) is 0 Å². The molecular weight excluding hydrogens is 1000 g/mol. The average Bonchev–Trinajstić information content (AvgIpc) is 3.56. The fraction of sp³-hybridized carbons (Fsp3) is 0. The third kappa shape index (κ3) is 4.65. The highest BCUT2D eigenvalue weighted by molar-refractivity contribution is 6.51. The second-order valence-electron chi connectivity index (χ2n) is 19.2. The molecule has 0 radical (unpaired) electrons. The van der Waals surface area contributed by atoms with E-state index in [4.69, 9.17) is 17.7 Å². The number of hydrogen-bond acceptors (Lipinski definition) is 8. The first kappa shape index (κ1) is 41.5. The smallest absolute Gasteiger partial charge is 0.344 e. The van der Waals surface area contributed by atoms with Crippen LogP contribution >= 0.6 is 0 Å². The second kappa shape index (κ2) is 13.2. The van der Waals surface area contributed by atoms with Crippen LogP contribution in [0.1, 0.15) is 0 Å². The summed E-state index contributed by atoms with van der Waals surface area (Å²) in [7, 11) is 0. The first-order chi connectivity index (χ1) is 36.7. The van der Waals surface area contributed by atoms with Gasteiger partial charge in [-0.1, -0.05) is 0 Å². The summed E-state index contributed by atoms with van der Waals surface area (Å²) in [5.74, 6) is -6.96. The summed E-state index contributed by atoms with van der Waals surface area (Å²) in [6.45, 7) is 0. The van der Waals surface area contributed by atoms with Crippen molar-refractivity contribution in [3.63, 3.8) is 0 Å². The SMILES string of the molecule is O=c1oc2ccc3c4c(F)cc(F)cc4c4c(=O)oc5ccc6c7c(F)cc(F)cc7c1c1c2c3c4c5c61.O=c1oc2ccc3c4c(F)cc(F)cc4c4c(=O)oc5ccc6c7c(F)cc(F)cc7c1c1c2c3c4c5c61. The monoisotopic (exact) mass is 1020 g/mol. The van der Waals surface area contributed by atoms with Gasteiger partial charge in [-0.3, -0.25) is 0 Å². The summed E-state index contributed by atoms with van der Waals surface area (Å²) in [6, 6.07) is 19.5. The number of benzene rings is 14. The molecule has 4 aromatic heterocycles. The largest absolute Gasteiger partial charge is 0.422 e. The predicted octanol–water partition coefficient (Wildman–Crippen LogP) is 15.4. The van der Waals surface area contributed by atoms with Gasteiger partial charge in [-0.2, -0.15) is 0 Å². The maximum atomic E-state index is 15.3. The van der Waals surface area contributed by atoms with E-state index in [1.54, 1.807) is 24.3 Å². The summed E-state index contributed by atoms with van der Waals surface area (Å²) in [5, 5.41) is 6.19. The first-order valence-electron chi connectivity index (χ1n) is 23.2. The quantitative estimate of drug-likeness (QED) is 0.0637. The zero-order chi connectivity index (χ0) is 51.5. The lowest BCUT2D eigenvalue weighted by Crippen LogP contribution is -2.08. The molecule has 360 valence electrons. The Morgan fingerprint density at radius 1 is 0.211 bits per heavy atom. The fourth-order valence-corrected chi connectivity index (χ4v) is 13.2. The maximum Gasteiger partial charge on any atom is 0.344 e. The Morgan fingerprint density at radius 3 is 0.632 bits per heavy atom. The summed E-state index contributed by atoms with van der Waals surface area (Å²) >= 11 is 0. The lowest BCUT2D eigenvalue weighted by atomic mass is 9.82. The lowest BCUT2D eigenvalue weighted by molar-refractivity contribution is 0.569. The topological polar surface area (TPSA) is 121 Å². The summed E-state index contributed by atoms with van der Waals surface area (Å²) in [6.07, 6.45) is 0. The molecule has 0 saturated carbocycles. The molecule has 0 spiro atoms. The molecule has 0 fully saturated rings. The van der Waals surface area contributed by atoms with Gasteiger partial charge < -0.3 is 17.7 Å². The normalized spacial score (nSPS) is 12.9. The Bertz CT molecular complexity index is 5300. The van der Waals surface area contributed by atoms with E-state index < -0.39 is 69.0 Å². The molecule has 14 aromatic carbocycles. The number of hydrogen-bond donors (Lipinski definition) is 0. The van der Waals surface area contributed by atoms with E-state index >= 15 is 17.6 Å². The third-order valence-corrected chi connectivity index (χ3v) is 15.7. The Labute approximate surface area is 409 Å². The van der Waals surface area contributed by atoms with Gasteiger partial charge in [-0.05, 0) is 94.3 Å². The van der Waals surface area contributed by atoms with Crippen LogP contribution in [-0.2, 0) is 0 Å². The second-order valence-corrected chi connectivity index (χ2v) is 19.2. The Hall–Kier alpha value is -9.96. The lowest BCUT2D eigenvalue weighted by Gasteiger charge is -2.21. The molecule has 0 aliphatic rings. The molecule has 0 aliphatic heterocycles. The van der Waals surface area contributed by atoms with Crippen LogP contribution in [0, 0.1) is 46.5 Å². The Balaban J connectivity index is 0.000000124. The van der Waals surface area contributed by atoms with Crippen LogP contribution in [0.25, 0.3) is 173 Å². The molecule has 8 nitrogen and oxygen atoms in total. The molecule has 0 N–H and O–H groups in total. The van der Waals surface area contributed by atoms with Gasteiger partial charge in [0, 0.05) is 132 Å². The number of halogens is 8. The molecule has 0 unspecified atom stereocenters. The highest BCUT2D eigenvalue weighted by atomic mass is 19.2. The zero-order valence-corrected chi connectivity index (χ0v) is 37.5. The molecular formula is C60H16F8O8. The van der Waals surface area contributed by atoms with Crippen LogP contribution in [0.5, 0.6) is 0 Å². The van der Waals surface area contributed by atoms with Crippen LogP contribution in [0.4, 0.5) is 35.1 Å². The van der Waals surface area contributed by atoms with Crippen molar-refractivity contribution < 1.29 is 52.8 Å². The van der Waals surface area contributed by atoms with E-state index in [9.17, 15) is 36.7 Å². The molecule has 0 atom stereocenters. The van der Waals surface area contributed by atoms with Crippen LogP contribution < -0.4 is 22.5 Å². The van der Waals surface area contributed by atoms with Gasteiger partial charge in [0.05, 0.1) is 21.5 Å². The minimum atomic E-state index is -0.874. The van der Waals surface area contributed by atoms with Crippen molar-refractivity contribution in [1.29, 1.82) is 0 Å². The molecule has 4 heterocycles. The van der Waals surface area contributed by atoms with Gasteiger partial charge >= 0.3 is 22.5 Å². The van der Waals surface area contributed by atoms with Crippen LogP contribution in [0.3, 0.4) is 0 Å². The predicted molar refractivity (Wildman–Crippen MR) is 274 cm³/mol. The van der Waals surface area contributed by atoms with E-state index in [1.165, 1.54) is 24.3 Å². The minimum Gasteiger partial charge on any atom is -0.422 e. The molecule has 0 aliphatic carbocycles. The van der Waals surface area contributed by atoms with Crippen molar-refractivity contribution >= 4 is 173 Å². The summed E-state index contributed by atoms with van der Waals surface area (Å²) in [4.78, 5) is 53.4. The van der Waals surface area contributed by atoms with E-state index in [1.807, 2.05) is 0 Å². The highest BCUT2D eigenvalue weighted by Crippen LogP contribution is 2.54. The van der Waals surface area contributed by atoms with Crippen LogP contribution in [-0.4, -0.2) is 0 Å². The Morgan fingerprint density at radius 2 is 0.421 bits per heavy atom. The molecule has 18 aromatic rings. The highest BCUT2D eigenvalue weighted by Gasteiger charge is 2.32. The molecule has 18 rings (SSSR count). The average molecular weight is 1020 g/mol. The van der Waals surface area contributed by atoms with Crippen molar-refractivity contribution in [2.24, 2.45) is 0 Å². The van der Waals surface area contributed by atoms with E-state index in [0.29, 0.717) is 86.2 Å². The maximum absolute atomic E-state index is 15.3. The summed E-state index contributed by atoms with van der Waals surface area (Å²) in [5.41, 5.74) is -2.56. The van der Waals surface area contributed by atoms with Crippen molar-refractivity contribution in [3.05, 3.63) is 185 Å². The minimum absolute atomic E-state index is 0.00954. The van der Waals surface area contributed by atoms with E-state index in [-0.39, 0.29) is 87.0 Å². The number of fused-ring (bicyclic) bond motifs is 12. The third-order valence-electron chi connectivity index (χ3n) is 15.7. The van der Waals surface area contributed by atoms with Gasteiger partial charge in [0.1, 0.15) is 68.9 Å². The fourth-order valence-electron chi connectivity index (χ4n) is 13.2. The van der Waals surface area contributed by atoms with Gasteiger partial charge in [0.2, 0.25) is 0 Å². The van der Waals surface area contributed by atoms with Gasteiger partial charge in [-0.25, -0.2) is 54.3 Å². The molecule has 76 heavy (non-hydrogen) atoms. The van der Waals surface area contributed by atoms with Crippen LogP contribution in [0.15, 0.2) is 134 Å². The molecule has 0 bridgehead atoms. The molecule has 16 heteroatoms. The standard InChI is InChI=1S/2C30H8F4O4/c2*31-9-5-13-19(15(33)7-9)11-1-3-17-25-21(11)27-23(13)30(36)38-18-4-2-12-20-14(6-10(32)8-16(20)34)24(29(35)37-17)28(25)22(12)26(18)27/h2*1-8H.